The Hall–Kier alpha value is -2.44. The number of aromatic nitrogens is 3. The number of pyridine rings is 1. The number of nitrogens with one attached hydrogen (secondary N) is 1. The van der Waals surface area contributed by atoms with E-state index in [4.69, 9.17) is 9.72 Å². The largest absolute Gasteiger partial charge is 0.379 e. The first-order valence-electron chi connectivity index (χ1n) is 8.78. The van der Waals surface area contributed by atoms with Crippen LogP contribution in [0, 0.1) is 0 Å². The monoisotopic (exact) mass is 337 g/mol. The van der Waals surface area contributed by atoms with Crippen molar-refractivity contribution in [2.75, 3.05) is 38.2 Å². The molecule has 1 fully saturated rings. The highest BCUT2D eigenvalue weighted by molar-refractivity contribution is 5.78. The van der Waals surface area contributed by atoms with Crippen LogP contribution in [0.1, 0.15) is 5.56 Å². The van der Waals surface area contributed by atoms with Gasteiger partial charge in [-0.1, -0.05) is 12.1 Å². The molecule has 2 aromatic heterocycles. The van der Waals surface area contributed by atoms with Gasteiger partial charge in [0.15, 0.2) is 0 Å². The molecule has 0 spiro atoms. The zero-order valence-electron chi connectivity index (χ0n) is 14.3. The second-order valence-electron chi connectivity index (χ2n) is 6.24. The first-order chi connectivity index (χ1) is 12.4. The van der Waals surface area contributed by atoms with Crippen LogP contribution in [-0.4, -0.2) is 52.3 Å². The molecular formula is C19H23N5O. The van der Waals surface area contributed by atoms with Gasteiger partial charge in [0.2, 0.25) is 5.95 Å². The molecule has 1 N–H and O–H groups in total. The van der Waals surface area contributed by atoms with E-state index in [-0.39, 0.29) is 0 Å². The average Bonchev–Trinajstić information content (AvgIpc) is 3.04. The lowest BCUT2D eigenvalue weighted by atomic mass is 10.3. The maximum Gasteiger partial charge on any atom is 0.204 e. The van der Waals surface area contributed by atoms with Crippen LogP contribution < -0.4 is 5.32 Å². The second-order valence-corrected chi connectivity index (χ2v) is 6.24. The molecule has 0 radical (unpaired) electrons. The third-order valence-electron chi connectivity index (χ3n) is 4.60. The molecule has 1 aliphatic heterocycles. The van der Waals surface area contributed by atoms with Gasteiger partial charge in [-0.15, -0.1) is 0 Å². The maximum absolute atomic E-state index is 5.44. The Morgan fingerprint density at radius 3 is 2.64 bits per heavy atom. The maximum atomic E-state index is 5.44. The highest BCUT2D eigenvalue weighted by Crippen LogP contribution is 2.20. The number of para-hydroxylation sites is 2. The van der Waals surface area contributed by atoms with Gasteiger partial charge in [-0.2, -0.15) is 0 Å². The molecule has 130 valence electrons. The number of anilines is 1. The van der Waals surface area contributed by atoms with Crippen molar-refractivity contribution < 1.29 is 4.74 Å². The van der Waals surface area contributed by atoms with Crippen LogP contribution >= 0.6 is 0 Å². The molecular weight excluding hydrogens is 314 g/mol. The lowest BCUT2D eigenvalue weighted by Crippen LogP contribution is -2.38. The number of fused-ring (bicyclic) bond motifs is 1. The van der Waals surface area contributed by atoms with E-state index in [1.54, 1.807) is 0 Å². The van der Waals surface area contributed by atoms with Crippen LogP contribution in [-0.2, 0) is 17.8 Å². The van der Waals surface area contributed by atoms with Crippen LogP contribution in [0.3, 0.4) is 0 Å². The van der Waals surface area contributed by atoms with Gasteiger partial charge in [-0.05, 0) is 29.8 Å². The Morgan fingerprint density at radius 2 is 1.80 bits per heavy atom. The van der Waals surface area contributed by atoms with E-state index >= 15 is 0 Å². The Labute approximate surface area is 147 Å². The number of nitrogens with zero attached hydrogens (tertiary/aromatic N) is 4. The third-order valence-corrected chi connectivity index (χ3v) is 4.60. The predicted octanol–water partition coefficient (Wildman–Crippen LogP) is 2.38. The summed E-state index contributed by atoms with van der Waals surface area (Å²) in [5.74, 6) is 0.922. The van der Waals surface area contributed by atoms with Gasteiger partial charge in [-0.25, -0.2) is 4.98 Å². The summed E-state index contributed by atoms with van der Waals surface area (Å²) in [5.41, 5.74) is 3.40. The minimum absolute atomic E-state index is 0.739. The first kappa shape index (κ1) is 16.1. The molecule has 0 atom stereocenters. The molecule has 6 nitrogen and oxygen atoms in total. The van der Waals surface area contributed by atoms with Gasteiger partial charge in [0.05, 0.1) is 24.2 Å². The highest BCUT2D eigenvalue weighted by Gasteiger charge is 2.14. The zero-order chi connectivity index (χ0) is 16.9. The van der Waals surface area contributed by atoms with Crippen molar-refractivity contribution in [3.63, 3.8) is 0 Å². The standard InChI is InChI=1S/C19H23N5O/c1-2-4-18-17(3-1)22-19(21-15-16-5-7-20-8-6-16)24(18)10-9-23-11-13-25-14-12-23/h1-8H,9-15H2,(H,21,22). The Balaban J connectivity index is 1.52. The predicted molar refractivity (Wildman–Crippen MR) is 98.6 cm³/mol. The van der Waals surface area contributed by atoms with Crippen LogP contribution in [0.25, 0.3) is 11.0 Å². The zero-order valence-corrected chi connectivity index (χ0v) is 14.3. The fourth-order valence-electron chi connectivity index (χ4n) is 3.18. The van der Waals surface area contributed by atoms with E-state index in [0.29, 0.717) is 0 Å². The van der Waals surface area contributed by atoms with Crippen LogP contribution in [0.5, 0.6) is 0 Å². The molecule has 1 aliphatic rings. The fourth-order valence-corrected chi connectivity index (χ4v) is 3.18. The second kappa shape index (κ2) is 7.63. The molecule has 0 bridgehead atoms. The van der Waals surface area contributed by atoms with Gasteiger partial charge in [-0.3, -0.25) is 9.88 Å². The van der Waals surface area contributed by atoms with Gasteiger partial charge in [0, 0.05) is 45.1 Å². The van der Waals surface area contributed by atoms with Crippen molar-refractivity contribution in [2.24, 2.45) is 0 Å². The normalized spacial score (nSPS) is 15.5. The van der Waals surface area contributed by atoms with E-state index in [2.05, 4.69) is 38.0 Å². The van der Waals surface area contributed by atoms with E-state index in [1.807, 2.05) is 30.6 Å². The van der Waals surface area contributed by atoms with Crippen molar-refractivity contribution in [1.29, 1.82) is 0 Å². The molecule has 25 heavy (non-hydrogen) atoms. The molecule has 4 rings (SSSR count). The molecule has 0 aliphatic carbocycles. The molecule has 3 heterocycles. The topological polar surface area (TPSA) is 55.2 Å². The summed E-state index contributed by atoms with van der Waals surface area (Å²) in [6.07, 6.45) is 3.64. The van der Waals surface area contributed by atoms with Crippen molar-refractivity contribution in [1.82, 2.24) is 19.4 Å². The number of morpholine rings is 1. The van der Waals surface area contributed by atoms with Gasteiger partial charge < -0.3 is 14.6 Å². The van der Waals surface area contributed by atoms with Gasteiger partial charge in [0.25, 0.3) is 0 Å². The Kier molecular flexibility index (Phi) is 4.90. The summed E-state index contributed by atoms with van der Waals surface area (Å²) in [5, 5.41) is 3.49. The Bertz CT molecular complexity index is 811. The highest BCUT2D eigenvalue weighted by atomic mass is 16.5. The summed E-state index contributed by atoms with van der Waals surface area (Å²) in [6.45, 7) is 6.34. The van der Waals surface area contributed by atoms with Crippen LogP contribution in [0.15, 0.2) is 48.8 Å². The summed E-state index contributed by atoms with van der Waals surface area (Å²) >= 11 is 0. The first-order valence-corrected chi connectivity index (χ1v) is 8.78. The Morgan fingerprint density at radius 1 is 1.00 bits per heavy atom. The number of hydrogen-bond donors (Lipinski definition) is 1. The summed E-state index contributed by atoms with van der Waals surface area (Å²) in [6, 6.07) is 12.4. The average molecular weight is 337 g/mol. The van der Waals surface area contributed by atoms with Crippen molar-refractivity contribution in [3.05, 3.63) is 54.4 Å². The van der Waals surface area contributed by atoms with Crippen LogP contribution in [0.4, 0.5) is 5.95 Å². The molecule has 1 saturated heterocycles. The van der Waals surface area contributed by atoms with Gasteiger partial charge >= 0.3 is 0 Å². The molecule has 6 heteroatoms. The number of hydrogen-bond acceptors (Lipinski definition) is 5. The van der Waals surface area contributed by atoms with E-state index in [9.17, 15) is 0 Å². The molecule has 3 aromatic rings. The third kappa shape index (κ3) is 3.81. The minimum atomic E-state index is 0.739. The van der Waals surface area contributed by atoms with E-state index < -0.39 is 0 Å². The molecule has 0 unspecified atom stereocenters. The van der Waals surface area contributed by atoms with E-state index in [1.165, 1.54) is 11.1 Å². The van der Waals surface area contributed by atoms with Crippen molar-refractivity contribution in [2.45, 2.75) is 13.1 Å². The number of ether oxygens (including phenoxy) is 1. The molecule has 1 aromatic carbocycles. The minimum Gasteiger partial charge on any atom is -0.379 e. The number of imidazole rings is 1. The van der Waals surface area contributed by atoms with Crippen molar-refractivity contribution >= 4 is 17.0 Å². The number of rotatable bonds is 6. The molecule has 0 saturated carbocycles. The molecule has 0 amide bonds. The lowest BCUT2D eigenvalue weighted by molar-refractivity contribution is 0.0366. The van der Waals surface area contributed by atoms with Gasteiger partial charge in [0.1, 0.15) is 0 Å². The summed E-state index contributed by atoms with van der Waals surface area (Å²) < 4.78 is 7.72. The lowest BCUT2D eigenvalue weighted by Gasteiger charge is -2.27. The van der Waals surface area contributed by atoms with Crippen molar-refractivity contribution in [3.8, 4) is 0 Å². The van der Waals surface area contributed by atoms with E-state index in [0.717, 1.165) is 57.4 Å². The fraction of sp³-hybridized carbons (Fsp3) is 0.368. The van der Waals surface area contributed by atoms with Crippen LogP contribution in [0.2, 0.25) is 0 Å². The smallest absolute Gasteiger partial charge is 0.204 e. The number of benzene rings is 1. The quantitative estimate of drug-likeness (QED) is 0.748. The summed E-state index contributed by atoms with van der Waals surface area (Å²) in [4.78, 5) is 11.3. The SMILES string of the molecule is c1ccc2c(c1)nc(NCc1ccncc1)n2CCN1CCOCC1. The summed E-state index contributed by atoms with van der Waals surface area (Å²) in [7, 11) is 0.